The van der Waals surface area contributed by atoms with Crippen molar-refractivity contribution in [2.45, 2.75) is 44.9 Å². The van der Waals surface area contributed by atoms with E-state index in [-0.39, 0.29) is 18.3 Å². The van der Waals surface area contributed by atoms with Gasteiger partial charge in [-0.1, -0.05) is 19.3 Å². The molecule has 1 aliphatic rings. The van der Waals surface area contributed by atoms with E-state index in [1.807, 2.05) is 12.1 Å². The molecule has 3 N–H and O–H groups in total. The van der Waals surface area contributed by atoms with E-state index in [9.17, 15) is 15.3 Å². The highest BCUT2D eigenvalue weighted by Crippen LogP contribution is 2.42. The summed E-state index contributed by atoms with van der Waals surface area (Å²) in [5.74, 6) is 1.16. The zero-order chi connectivity index (χ0) is 19.2. The summed E-state index contributed by atoms with van der Waals surface area (Å²) in [6, 6.07) is 7.04. The molecule has 0 atom stereocenters. The number of aryl methyl sites for hydroxylation is 2. The highest BCUT2D eigenvalue weighted by molar-refractivity contribution is 5.55. The SMILES string of the molecule is COc1cc(CCCCCCCc2cc(O)c(O)c(O)c2)cc2c1OCO2. The van der Waals surface area contributed by atoms with Crippen molar-refractivity contribution in [3.8, 4) is 34.5 Å². The average molecular weight is 374 g/mol. The molecule has 0 aromatic heterocycles. The van der Waals surface area contributed by atoms with E-state index in [0.29, 0.717) is 5.75 Å². The molecular weight excluding hydrogens is 348 g/mol. The van der Waals surface area contributed by atoms with Crippen LogP contribution in [0.2, 0.25) is 0 Å². The predicted molar refractivity (Wildman–Crippen MR) is 101 cm³/mol. The second-order valence-corrected chi connectivity index (χ2v) is 6.78. The van der Waals surface area contributed by atoms with Gasteiger partial charge in [0.1, 0.15) is 0 Å². The molecule has 0 fully saturated rings. The Balaban J connectivity index is 1.37. The number of hydrogen-bond donors (Lipinski definition) is 3. The molecule has 27 heavy (non-hydrogen) atoms. The van der Waals surface area contributed by atoms with E-state index in [1.54, 1.807) is 7.11 Å². The third-order valence-electron chi connectivity index (χ3n) is 4.78. The zero-order valence-electron chi connectivity index (χ0n) is 15.5. The summed E-state index contributed by atoms with van der Waals surface area (Å²) in [5.41, 5.74) is 2.02. The number of phenolic OH excluding ortho intramolecular Hbond substituents is 3. The molecule has 0 saturated heterocycles. The van der Waals surface area contributed by atoms with E-state index in [2.05, 4.69) is 0 Å². The quantitative estimate of drug-likeness (QED) is 0.449. The van der Waals surface area contributed by atoms with Crippen molar-refractivity contribution in [1.29, 1.82) is 0 Å². The molecule has 6 heteroatoms. The lowest BCUT2D eigenvalue weighted by Crippen LogP contribution is -1.93. The summed E-state index contributed by atoms with van der Waals surface area (Å²) in [4.78, 5) is 0. The Morgan fingerprint density at radius 3 is 2.04 bits per heavy atom. The number of rotatable bonds is 9. The number of fused-ring (bicyclic) bond motifs is 1. The Kier molecular flexibility index (Phi) is 6.16. The van der Waals surface area contributed by atoms with Gasteiger partial charge in [0.15, 0.2) is 28.7 Å². The van der Waals surface area contributed by atoms with Gasteiger partial charge in [-0.15, -0.1) is 0 Å². The first-order chi connectivity index (χ1) is 13.1. The Morgan fingerprint density at radius 1 is 0.815 bits per heavy atom. The van der Waals surface area contributed by atoms with E-state index in [0.717, 1.165) is 62.0 Å². The first kappa shape index (κ1) is 19.0. The van der Waals surface area contributed by atoms with Gasteiger partial charge in [0.05, 0.1) is 7.11 Å². The Hall–Kier alpha value is -2.76. The molecule has 0 saturated carbocycles. The van der Waals surface area contributed by atoms with Crippen LogP contribution in [0.15, 0.2) is 24.3 Å². The minimum absolute atomic E-state index is 0.242. The van der Waals surface area contributed by atoms with Gasteiger partial charge in [-0.25, -0.2) is 0 Å². The number of methoxy groups -OCH3 is 1. The van der Waals surface area contributed by atoms with Crippen molar-refractivity contribution in [2.24, 2.45) is 0 Å². The van der Waals surface area contributed by atoms with Crippen LogP contribution in [0.3, 0.4) is 0 Å². The minimum Gasteiger partial charge on any atom is -0.504 e. The maximum Gasteiger partial charge on any atom is 0.231 e. The van der Waals surface area contributed by atoms with Gasteiger partial charge in [0, 0.05) is 0 Å². The van der Waals surface area contributed by atoms with E-state index < -0.39 is 5.75 Å². The van der Waals surface area contributed by atoms with Gasteiger partial charge in [-0.05, 0) is 61.1 Å². The summed E-state index contributed by atoms with van der Waals surface area (Å²) < 4.78 is 16.2. The molecule has 0 spiro atoms. The highest BCUT2D eigenvalue weighted by atomic mass is 16.7. The van der Waals surface area contributed by atoms with Crippen LogP contribution in [0.5, 0.6) is 34.5 Å². The first-order valence-corrected chi connectivity index (χ1v) is 9.29. The van der Waals surface area contributed by atoms with Crippen LogP contribution in [0.1, 0.15) is 43.2 Å². The van der Waals surface area contributed by atoms with Crippen molar-refractivity contribution in [3.05, 3.63) is 35.4 Å². The molecule has 0 radical (unpaired) electrons. The van der Waals surface area contributed by atoms with E-state index >= 15 is 0 Å². The van der Waals surface area contributed by atoms with Crippen molar-refractivity contribution in [1.82, 2.24) is 0 Å². The number of benzene rings is 2. The van der Waals surface area contributed by atoms with Gasteiger partial charge in [-0.3, -0.25) is 0 Å². The van der Waals surface area contributed by atoms with Crippen molar-refractivity contribution in [2.75, 3.05) is 13.9 Å². The topological polar surface area (TPSA) is 88.4 Å². The summed E-state index contributed by atoms with van der Waals surface area (Å²) >= 11 is 0. The number of unbranched alkanes of at least 4 members (excludes halogenated alkanes) is 4. The molecule has 0 unspecified atom stereocenters. The lowest BCUT2D eigenvalue weighted by atomic mass is 10.0. The van der Waals surface area contributed by atoms with Crippen LogP contribution in [-0.4, -0.2) is 29.2 Å². The molecular formula is C21H26O6. The fourth-order valence-corrected chi connectivity index (χ4v) is 3.32. The summed E-state index contributed by atoms with van der Waals surface area (Å²) in [7, 11) is 1.63. The number of hydrogen-bond acceptors (Lipinski definition) is 6. The van der Waals surface area contributed by atoms with E-state index in [1.165, 1.54) is 17.7 Å². The Bertz CT molecular complexity index is 763. The molecule has 1 aliphatic heterocycles. The number of aromatic hydroxyl groups is 3. The monoisotopic (exact) mass is 374 g/mol. The Labute approximate surface area is 158 Å². The third-order valence-corrected chi connectivity index (χ3v) is 4.78. The molecule has 0 aliphatic carbocycles. The molecule has 3 rings (SSSR count). The molecule has 6 nitrogen and oxygen atoms in total. The van der Waals surface area contributed by atoms with Gasteiger partial charge in [0.2, 0.25) is 12.5 Å². The van der Waals surface area contributed by atoms with Crippen LogP contribution >= 0.6 is 0 Å². The normalized spacial score (nSPS) is 12.3. The summed E-state index contributed by atoms with van der Waals surface area (Å²) in [6.45, 7) is 0.242. The fraction of sp³-hybridized carbons (Fsp3) is 0.429. The lowest BCUT2D eigenvalue weighted by molar-refractivity contribution is 0.171. The standard InChI is InChI=1S/C21H26O6/c1-25-18-11-15(12-19-21(18)27-13-26-19)8-6-4-2-3-5-7-14-9-16(22)20(24)17(23)10-14/h9-12,22-24H,2-8,13H2,1H3. The van der Waals surface area contributed by atoms with Crippen LogP contribution in [0.4, 0.5) is 0 Å². The molecule has 2 aromatic carbocycles. The minimum atomic E-state index is -0.459. The maximum absolute atomic E-state index is 9.52. The summed E-state index contributed by atoms with van der Waals surface area (Å²) in [6.07, 6.45) is 7.12. The lowest BCUT2D eigenvalue weighted by Gasteiger charge is -2.08. The zero-order valence-corrected chi connectivity index (χ0v) is 15.5. The first-order valence-electron chi connectivity index (χ1n) is 9.29. The van der Waals surface area contributed by atoms with E-state index in [4.69, 9.17) is 14.2 Å². The van der Waals surface area contributed by atoms with Crippen molar-refractivity contribution >= 4 is 0 Å². The molecule has 0 amide bonds. The molecule has 2 aromatic rings. The third kappa shape index (κ3) is 4.70. The van der Waals surface area contributed by atoms with Crippen LogP contribution in [0, 0.1) is 0 Å². The van der Waals surface area contributed by atoms with Gasteiger partial charge in [-0.2, -0.15) is 0 Å². The Morgan fingerprint density at radius 2 is 1.41 bits per heavy atom. The summed E-state index contributed by atoms with van der Waals surface area (Å²) in [5, 5.41) is 28.4. The van der Waals surface area contributed by atoms with Gasteiger partial charge < -0.3 is 29.5 Å². The average Bonchev–Trinajstić information content (AvgIpc) is 3.13. The smallest absolute Gasteiger partial charge is 0.231 e. The maximum atomic E-state index is 9.52. The van der Waals surface area contributed by atoms with Gasteiger partial charge >= 0.3 is 0 Å². The second-order valence-electron chi connectivity index (χ2n) is 6.78. The largest absolute Gasteiger partial charge is 0.504 e. The van der Waals surface area contributed by atoms with Crippen molar-refractivity contribution in [3.63, 3.8) is 0 Å². The van der Waals surface area contributed by atoms with Gasteiger partial charge in [0.25, 0.3) is 0 Å². The molecule has 146 valence electrons. The number of phenols is 3. The molecule has 0 bridgehead atoms. The van der Waals surface area contributed by atoms with Crippen LogP contribution < -0.4 is 14.2 Å². The van der Waals surface area contributed by atoms with Crippen LogP contribution in [0.25, 0.3) is 0 Å². The predicted octanol–water partition coefficient (Wildman–Crippen LogP) is 4.28. The fourth-order valence-electron chi connectivity index (χ4n) is 3.32. The van der Waals surface area contributed by atoms with Crippen molar-refractivity contribution < 1.29 is 29.5 Å². The van der Waals surface area contributed by atoms with Crippen LogP contribution in [-0.2, 0) is 12.8 Å². The highest BCUT2D eigenvalue weighted by Gasteiger charge is 2.19. The number of ether oxygens (including phenoxy) is 3. The second kappa shape index (κ2) is 8.75. The molecule has 1 heterocycles.